The van der Waals surface area contributed by atoms with Crippen LogP contribution in [0.15, 0.2) is 23.0 Å². The number of nitrogens with one attached hydrogen (secondary N) is 2. The molecule has 0 aliphatic carbocycles. The number of likely N-dealkylation sites (N-methyl/N-ethyl adjacent to an activating group) is 1. The van der Waals surface area contributed by atoms with E-state index in [0.29, 0.717) is 31.3 Å². The minimum absolute atomic E-state index is 0.0476. The molecule has 0 bridgehead atoms. The molecule has 0 saturated heterocycles. The van der Waals surface area contributed by atoms with E-state index in [9.17, 15) is 28.3 Å². The van der Waals surface area contributed by atoms with Crippen molar-refractivity contribution in [2.24, 2.45) is 0 Å². The fourth-order valence-electron chi connectivity index (χ4n) is 4.42. The van der Waals surface area contributed by atoms with Crippen LogP contribution in [0.2, 0.25) is 0 Å². The number of hydrogen-bond acceptors (Lipinski definition) is 5. The van der Waals surface area contributed by atoms with Crippen molar-refractivity contribution in [2.75, 3.05) is 20.1 Å². The molecule has 1 unspecified atom stereocenters. The summed E-state index contributed by atoms with van der Waals surface area (Å²) in [5.74, 6) is -3.64. The van der Waals surface area contributed by atoms with Crippen LogP contribution in [0.5, 0.6) is 5.75 Å². The SMILES string of the molecule is CCN[C@@H]1CC2CN(C)C(=O)c3c(O)c(=O)c(C(=O)NCc4ccc(F)cc4F)c1n32. The Morgan fingerprint density at radius 1 is 1.29 bits per heavy atom. The molecule has 2 aromatic rings. The molecule has 4 rings (SSSR count). The number of carbonyl (C=O) groups is 2. The Balaban J connectivity index is 1.78. The number of aromatic nitrogens is 1. The predicted molar refractivity (Wildman–Crippen MR) is 107 cm³/mol. The van der Waals surface area contributed by atoms with Crippen LogP contribution < -0.4 is 16.1 Å². The van der Waals surface area contributed by atoms with Gasteiger partial charge < -0.3 is 25.2 Å². The molecule has 0 fully saturated rings. The molecule has 0 radical (unpaired) electrons. The number of aromatic hydroxyl groups is 1. The fraction of sp³-hybridized carbons (Fsp3) is 0.381. The van der Waals surface area contributed by atoms with Crippen LogP contribution >= 0.6 is 0 Å². The van der Waals surface area contributed by atoms with Crippen LogP contribution in [-0.4, -0.2) is 46.5 Å². The highest BCUT2D eigenvalue weighted by atomic mass is 19.1. The molecule has 10 heteroatoms. The molecule has 3 heterocycles. The third-order valence-corrected chi connectivity index (χ3v) is 5.79. The van der Waals surface area contributed by atoms with Crippen molar-refractivity contribution in [2.45, 2.75) is 32.0 Å². The van der Waals surface area contributed by atoms with Crippen molar-refractivity contribution < 1.29 is 23.5 Å². The molecule has 0 saturated carbocycles. The van der Waals surface area contributed by atoms with E-state index >= 15 is 0 Å². The lowest BCUT2D eigenvalue weighted by Gasteiger charge is -2.32. The fourth-order valence-corrected chi connectivity index (χ4v) is 4.42. The number of nitrogens with zero attached hydrogens (tertiary/aromatic N) is 2. The Bertz CT molecular complexity index is 1150. The summed E-state index contributed by atoms with van der Waals surface area (Å²) in [6.07, 6.45) is 0.536. The molecule has 2 atom stereocenters. The van der Waals surface area contributed by atoms with Gasteiger partial charge in [0.2, 0.25) is 5.43 Å². The molecule has 0 spiro atoms. The van der Waals surface area contributed by atoms with Crippen molar-refractivity contribution >= 4 is 11.8 Å². The number of benzene rings is 1. The average Bonchev–Trinajstić information content (AvgIpc) is 3.05. The van der Waals surface area contributed by atoms with Gasteiger partial charge in [-0.1, -0.05) is 13.0 Å². The maximum Gasteiger partial charge on any atom is 0.274 e. The Hall–Kier alpha value is -3.27. The molecular formula is C21H22F2N4O4. The molecule has 164 valence electrons. The first-order valence-electron chi connectivity index (χ1n) is 9.96. The summed E-state index contributed by atoms with van der Waals surface area (Å²) in [5.41, 5.74) is -0.977. The first kappa shape index (κ1) is 21.0. The molecule has 2 amide bonds. The lowest BCUT2D eigenvalue weighted by Crippen LogP contribution is -2.42. The summed E-state index contributed by atoms with van der Waals surface area (Å²) in [6, 6.07) is 2.40. The molecule has 2 aliphatic rings. The average molecular weight is 432 g/mol. The maximum absolute atomic E-state index is 13.9. The Labute approximate surface area is 176 Å². The van der Waals surface area contributed by atoms with Crippen LogP contribution in [0.25, 0.3) is 0 Å². The highest BCUT2D eigenvalue weighted by Crippen LogP contribution is 2.41. The third-order valence-electron chi connectivity index (χ3n) is 5.79. The van der Waals surface area contributed by atoms with E-state index in [2.05, 4.69) is 10.6 Å². The summed E-state index contributed by atoms with van der Waals surface area (Å²) in [6.45, 7) is 2.55. The predicted octanol–water partition coefficient (Wildman–Crippen LogP) is 1.44. The van der Waals surface area contributed by atoms with Gasteiger partial charge in [0.05, 0.1) is 17.8 Å². The zero-order chi connectivity index (χ0) is 22.4. The van der Waals surface area contributed by atoms with Gasteiger partial charge in [0.15, 0.2) is 11.4 Å². The summed E-state index contributed by atoms with van der Waals surface area (Å²) in [5, 5.41) is 16.2. The minimum Gasteiger partial charge on any atom is -0.503 e. The second kappa shape index (κ2) is 7.77. The molecule has 1 aromatic heterocycles. The van der Waals surface area contributed by atoms with E-state index in [1.54, 1.807) is 11.6 Å². The van der Waals surface area contributed by atoms with E-state index in [1.165, 1.54) is 11.0 Å². The molecule has 1 aromatic carbocycles. The molecule has 8 nitrogen and oxygen atoms in total. The van der Waals surface area contributed by atoms with Crippen LogP contribution in [0.4, 0.5) is 8.78 Å². The number of rotatable bonds is 5. The Morgan fingerprint density at radius 3 is 2.71 bits per heavy atom. The summed E-state index contributed by atoms with van der Waals surface area (Å²) in [4.78, 5) is 40.0. The molecular weight excluding hydrogens is 410 g/mol. The van der Waals surface area contributed by atoms with E-state index in [1.807, 2.05) is 6.92 Å². The van der Waals surface area contributed by atoms with E-state index in [4.69, 9.17) is 0 Å². The number of hydrogen-bond donors (Lipinski definition) is 3. The van der Waals surface area contributed by atoms with Gasteiger partial charge in [0.1, 0.15) is 17.2 Å². The van der Waals surface area contributed by atoms with Gasteiger partial charge in [-0.3, -0.25) is 14.4 Å². The monoisotopic (exact) mass is 432 g/mol. The first-order valence-corrected chi connectivity index (χ1v) is 9.96. The maximum atomic E-state index is 13.9. The van der Waals surface area contributed by atoms with E-state index < -0.39 is 34.6 Å². The summed E-state index contributed by atoms with van der Waals surface area (Å²) >= 11 is 0. The normalized spacial score (nSPS) is 19.5. The third kappa shape index (κ3) is 3.36. The second-order valence-corrected chi connectivity index (χ2v) is 7.76. The molecule has 31 heavy (non-hydrogen) atoms. The molecule has 2 aliphatic heterocycles. The highest BCUT2D eigenvalue weighted by Gasteiger charge is 2.44. The van der Waals surface area contributed by atoms with Gasteiger partial charge in [-0.25, -0.2) is 8.78 Å². The first-order chi connectivity index (χ1) is 14.7. The molecule has 3 N–H and O–H groups in total. The van der Waals surface area contributed by atoms with Crippen molar-refractivity contribution in [3.8, 4) is 5.75 Å². The Kier molecular flexibility index (Phi) is 5.26. The van der Waals surface area contributed by atoms with Crippen molar-refractivity contribution in [1.82, 2.24) is 20.1 Å². The standard InChI is InChI=1S/C21H22F2N4O4/c1-3-24-14-7-12-9-26(2)21(31)17-19(29)18(28)15(16(14)27(12)17)20(30)25-8-10-4-5-11(22)6-13(10)23/h4-6,12,14,24,29H,3,7-9H2,1-2H3,(H,25,30)/t12?,14-/m1/s1. The van der Waals surface area contributed by atoms with Gasteiger partial charge in [-0.05, 0) is 19.0 Å². The number of pyridine rings is 1. The van der Waals surface area contributed by atoms with E-state index in [-0.39, 0.29) is 35.4 Å². The quantitative estimate of drug-likeness (QED) is 0.664. The van der Waals surface area contributed by atoms with Gasteiger partial charge in [0.25, 0.3) is 11.8 Å². The van der Waals surface area contributed by atoms with Gasteiger partial charge >= 0.3 is 0 Å². The summed E-state index contributed by atoms with van der Waals surface area (Å²) in [7, 11) is 1.59. The van der Waals surface area contributed by atoms with Crippen LogP contribution in [0.1, 0.15) is 57.5 Å². The summed E-state index contributed by atoms with van der Waals surface area (Å²) < 4.78 is 28.6. The van der Waals surface area contributed by atoms with Gasteiger partial charge in [-0.2, -0.15) is 0 Å². The topological polar surface area (TPSA) is 104 Å². The smallest absolute Gasteiger partial charge is 0.274 e. The van der Waals surface area contributed by atoms with Crippen molar-refractivity contribution in [1.29, 1.82) is 0 Å². The van der Waals surface area contributed by atoms with Crippen molar-refractivity contribution in [3.63, 3.8) is 0 Å². The number of halogens is 2. The van der Waals surface area contributed by atoms with Gasteiger partial charge in [-0.15, -0.1) is 0 Å². The van der Waals surface area contributed by atoms with E-state index in [0.717, 1.165) is 6.07 Å². The van der Waals surface area contributed by atoms with Crippen molar-refractivity contribution in [3.05, 3.63) is 62.6 Å². The number of amides is 2. The largest absolute Gasteiger partial charge is 0.503 e. The minimum atomic E-state index is -0.953. The lowest BCUT2D eigenvalue weighted by molar-refractivity contribution is 0.0713. The van der Waals surface area contributed by atoms with Crippen LogP contribution in [-0.2, 0) is 6.54 Å². The zero-order valence-corrected chi connectivity index (χ0v) is 17.0. The van der Waals surface area contributed by atoms with Crippen LogP contribution in [0.3, 0.4) is 0 Å². The second-order valence-electron chi connectivity index (χ2n) is 7.76. The highest BCUT2D eigenvalue weighted by molar-refractivity contribution is 6.00. The Morgan fingerprint density at radius 2 is 2.03 bits per heavy atom. The zero-order valence-electron chi connectivity index (χ0n) is 17.0. The van der Waals surface area contributed by atoms with Gasteiger partial charge in [0, 0.05) is 31.8 Å². The van der Waals surface area contributed by atoms with Crippen LogP contribution in [0, 0.1) is 11.6 Å². The lowest BCUT2D eigenvalue weighted by atomic mass is 10.0. The number of carbonyl (C=O) groups excluding carboxylic acids is 2.